The Morgan fingerprint density at radius 1 is 0.846 bits per heavy atom. The number of unbranched alkanes of at least 4 members (excludes halogenated alkanes) is 9. The van der Waals surface area contributed by atoms with Crippen molar-refractivity contribution in [3.05, 3.63) is 12.2 Å². The molecule has 8 nitrogen and oxygen atoms in total. The third kappa shape index (κ3) is 16.4. The Bertz CT molecular complexity index is 667. The number of ether oxygens (including phenoxy) is 2. The normalized spacial score (nSPS) is 22.7. The van der Waals surface area contributed by atoms with E-state index in [2.05, 4.69) is 13.8 Å². The van der Waals surface area contributed by atoms with Crippen LogP contribution in [0.25, 0.3) is 0 Å². The van der Waals surface area contributed by atoms with E-state index in [1.165, 1.54) is 0 Å². The molecular formula is C31H56O8. The van der Waals surface area contributed by atoms with Crippen molar-refractivity contribution in [3.8, 4) is 0 Å². The van der Waals surface area contributed by atoms with E-state index >= 15 is 0 Å². The Morgan fingerprint density at radius 2 is 1.46 bits per heavy atom. The van der Waals surface area contributed by atoms with Crippen molar-refractivity contribution in [2.24, 2.45) is 11.8 Å². The van der Waals surface area contributed by atoms with Gasteiger partial charge in [-0.2, -0.15) is 0 Å². The summed E-state index contributed by atoms with van der Waals surface area (Å²) in [7, 11) is 0. The smallest absolute Gasteiger partial charge is 0.306 e. The van der Waals surface area contributed by atoms with Gasteiger partial charge in [0, 0.05) is 25.2 Å². The lowest BCUT2D eigenvalue weighted by atomic mass is 9.88. The fourth-order valence-corrected chi connectivity index (χ4v) is 5.24. The summed E-state index contributed by atoms with van der Waals surface area (Å²) in [4.78, 5) is 24.0. The fourth-order valence-electron chi connectivity index (χ4n) is 5.24. The summed E-state index contributed by atoms with van der Waals surface area (Å²) in [6.07, 6.45) is 15.2. The number of esters is 2. The molecule has 0 bridgehead atoms. The van der Waals surface area contributed by atoms with Crippen LogP contribution in [0, 0.1) is 11.8 Å². The van der Waals surface area contributed by atoms with E-state index in [9.17, 15) is 30.0 Å². The lowest BCUT2D eigenvalue weighted by Crippen LogP contribution is -2.28. The summed E-state index contributed by atoms with van der Waals surface area (Å²) in [5, 5.41) is 40.4. The summed E-state index contributed by atoms with van der Waals surface area (Å²) in [6.45, 7) is 3.74. The molecule has 0 radical (unpaired) electrons. The van der Waals surface area contributed by atoms with Gasteiger partial charge in [-0.05, 0) is 31.6 Å². The van der Waals surface area contributed by atoms with Crippen molar-refractivity contribution in [3.63, 3.8) is 0 Å². The molecule has 228 valence electrons. The van der Waals surface area contributed by atoms with Crippen molar-refractivity contribution >= 4 is 11.9 Å². The first kappa shape index (κ1) is 35.5. The first-order chi connectivity index (χ1) is 18.8. The van der Waals surface area contributed by atoms with Gasteiger partial charge < -0.3 is 29.9 Å². The number of hydrogen-bond donors (Lipinski definition) is 4. The van der Waals surface area contributed by atoms with E-state index in [1.807, 2.05) is 6.08 Å². The minimum Gasteiger partial charge on any atom is -0.462 e. The van der Waals surface area contributed by atoms with Crippen LogP contribution in [0.1, 0.15) is 123 Å². The maximum Gasteiger partial charge on any atom is 0.306 e. The predicted octanol–water partition coefficient (Wildman–Crippen LogP) is 4.99. The van der Waals surface area contributed by atoms with E-state index in [4.69, 9.17) is 9.47 Å². The third-order valence-corrected chi connectivity index (χ3v) is 7.66. The van der Waals surface area contributed by atoms with Crippen molar-refractivity contribution in [1.29, 1.82) is 0 Å². The number of carbonyl (C=O) groups is 2. The van der Waals surface area contributed by atoms with Gasteiger partial charge in [0.25, 0.3) is 0 Å². The van der Waals surface area contributed by atoms with Gasteiger partial charge in [0.2, 0.25) is 0 Å². The van der Waals surface area contributed by atoms with Crippen molar-refractivity contribution in [2.75, 3.05) is 13.2 Å². The van der Waals surface area contributed by atoms with Gasteiger partial charge in [-0.1, -0.05) is 90.2 Å². The average molecular weight is 557 g/mol. The molecule has 0 saturated heterocycles. The second-order valence-corrected chi connectivity index (χ2v) is 11.2. The van der Waals surface area contributed by atoms with Gasteiger partial charge in [0.1, 0.15) is 6.61 Å². The topological polar surface area (TPSA) is 134 Å². The summed E-state index contributed by atoms with van der Waals surface area (Å²) in [5.41, 5.74) is 0. The van der Waals surface area contributed by atoms with E-state index < -0.39 is 24.4 Å². The van der Waals surface area contributed by atoms with Crippen LogP contribution < -0.4 is 0 Å². The van der Waals surface area contributed by atoms with E-state index in [0.29, 0.717) is 25.7 Å². The van der Waals surface area contributed by atoms with Crippen molar-refractivity contribution in [1.82, 2.24) is 0 Å². The monoisotopic (exact) mass is 556 g/mol. The molecule has 0 spiro atoms. The van der Waals surface area contributed by atoms with Crippen LogP contribution in [-0.2, 0) is 19.1 Å². The molecular weight excluding hydrogens is 500 g/mol. The third-order valence-electron chi connectivity index (χ3n) is 7.66. The van der Waals surface area contributed by atoms with Crippen molar-refractivity contribution in [2.45, 2.75) is 147 Å². The minimum atomic E-state index is -0.829. The molecule has 0 amide bonds. The summed E-state index contributed by atoms with van der Waals surface area (Å²) >= 11 is 0. The molecule has 1 aliphatic rings. The van der Waals surface area contributed by atoms with Crippen LogP contribution in [0.3, 0.4) is 0 Å². The molecule has 1 aliphatic carbocycles. The maximum absolute atomic E-state index is 12.1. The van der Waals surface area contributed by atoms with Gasteiger partial charge in [-0.3, -0.25) is 9.59 Å². The number of rotatable bonds is 23. The predicted molar refractivity (Wildman–Crippen MR) is 152 cm³/mol. The van der Waals surface area contributed by atoms with Crippen LogP contribution in [0.15, 0.2) is 12.2 Å². The summed E-state index contributed by atoms with van der Waals surface area (Å²) < 4.78 is 10.4. The quantitative estimate of drug-likeness (QED) is 0.0786. The Labute approximate surface area is 236 Å². The Hall–Kier alpha value is -1.48. The highest BCUT2D eigenvalue weighted by molar-refractivity contribution is 5.70. The fraction of sp³-hybridized carbons (Fsp3) is 0.871. The number of carbonyl (C=O) groups excluding carboxylic acids is 2. The van der Waals surface area contributed by atoms with E-state index in [-0.39, 0.29) is 43.4 Å². The second-order valence-electron chi connectivity index (χ2n) is 11.2. The molecule has 1 fully saturated rings. The van der Waals surface area contributed by atoms with Crippen LogP contribution in [0.4, 0.5) is 0 Å². The lowest BCUT2D eigenvalue weighted by molar-refractivity contribution is -0.161. The standard InChI is InChI=1S/C31H56O8/c1-3-5-7-8-14-18-31(37)39-25(22-32)23-38-30(36)17-13-10-9-12-16-26-27(29(35)21-28(26)34)20-19-24(33)15-11-6-4-2/h19-20,24-29,32-35H,3-18,21-23H2,1-2H3/b20-19+/t24-,25-,26+,27+,28-,29+/m0/s1. The zero-order chi connectivity index (χ0) is 28.9. The van der Waals surface area contributed by atoms with Gasteiger partial charge in [-0.15, -0.1) is 0 Å². The average Bonchev–Trinajstić information content (AvgIpc) is 3.18. The maximum atomic E-state index is 12.1. The summed E-state index contributed by atoms with van der Waals surface area (Å²) in [5.74, 6) is -0.924. The molecule has 6 atom stereocenters. The SMILES string of the molecule is CCCCCCCC(=O)O[C@@H](CO)COC(=O)CCCCCC[C@@H]1[C@@H](/C=C/[C@@H](O)CCCCC)[C@H](O)C[C@@H]1O. The zero-order valence-corrected chi connectivity index (χ0v) is 24.5. The molecule has 39 heavy (non-hydrogen) atoms. The second kappa shape index (κ2) is 22.2. The van der Waals surface area contributed by atoms with Crippen LogP contribution >= 0.6 is 0 Å². The molecule has 0 aromatic rings. The molecule has 4 N–H and O–H groups in total. The van der Waals surface area contributed by atoms with Gasteiger partial charge >= 0.3 is 11.9 Å². The first-order valence-corrected chi connectivity index (χ1v) is 15.5. The lowest BCUT2D eigenvalue weighted by Gasteiger charge is -2.21. The highest BCUT2D eigenvalue weighted by atomic mass is 16.6. The van der Waals surface area contributed by atoms with E-state index in [1.54, 1.807) is 6.08 Å². The van der Waals surface area contributed by atoms with Crippen molar-refractivity contribution < 1.29 is 39.5 Å². The summed E-state index contributed by atoms with van der Waals surface area (Å²) in [6, 6.07) is 0. The largest absolute Gasteiger partial charge is 0.462 e. The van der Waals surface area contributed by atoms with Crippen LogP contribution in [-0.4, -0.2) is 70.0 Å². The van der Waals surface area contributed by atoms with Crippen LogP contribution in [0.5, 0.6) is 0 Å². The van der Waals surface area contributed by atoms with Gasteiger partial charge in [0.15, 0.2) is 6.10 Å². The Kier molecular flexibility index (Phi) is 20.3. The van der Waals surface area contributed by atoms with Gasteiger partial charge in [-0.25, -0.2) is 0 Å². The van der Waals surface area contributed by atoms with Crippen LogP contribution in [0.2, 0.25) is 0 Å². The number of aliphatic hydroxyl groups excluding tert-OH is 4. The molecule has 0 aromatic heterocycles. The van der Waals surface area contributed by atoms with E-state index in [0.717, 1.165) is 77.0 Å². The molecule has 8 heteroatoms. The minimum absolute atomic E-state index is 0.0291. The number of hydrogen-bond acceptors (Lipinski definition) is 8. The van der Waals surface area contributed by atoms with Gasteiger partial charge in [0.05, 0.1) is 24.9 Å². The molecule has 0 heterocycles. The zero-order valence-electron chi connectivity index (χ0n) is 24.5. The molecule has 0 aromatic carbocycles. The molecule has 1 saturated carbocycles. The number of aliphatic hydroxyl groups is 4. The first-order valence-electron chi connectivity index (χ1n) is 15.5. The Morgan fingerprint density at radius 3 is 2.13 bits per heavy atom. The highest BCUT2D eigenvalue weighted by Gasteiger charge is 2.39. The Balaban J connectivity index is 2.22. The molecule has 0 unspecified atom stereocenters. The molecule has 1 rings (SSSR count). The highest BCUT2D eigenvalue weighted by Crippen LogP contribution is 2.37. The molecule has 0 aliphatic heterocycles.